The number of aromatic nitrogens is 2. The average molecular weight is 266 g/mol. The van der Waals surface area contributed by atoms with Crippen molar-refractivity contribution < 1.29 is 18.7 Å². The normalized spacial score (nSPS) is 11.0. The summed E-state index contributed by atoms with van der Waals surface area (Å²) in [5.74, 6) is -2.55. The lowest BCUT2D eigenvalue weighted by molar-refractivity contribution is 0.0697. The molecule has 0 spiro atoms. The molecule has 0 aliphatic carbocycles. The first kappa shape index (κ1) is 13.2. The summed E-state index contributed by atoms with van der Waals surface area (Å²) in [6.07, 6.45) is 1.20. The Morgan fingerprint density at radius 2 is 2.00 bits per heavy atom. The molecule has 6 heteroatoms. The summed E-state index contributed by atoms with van der Waals surface area (Å²) in [6.45, 7) is 3.48. The van der Waals surface area contributed by atoms with Crippen LogP contribution in [0, 0.1) is 11.8 Å². The highest BCUT2D eigenvalue weighted by Gasteiger charge is 2.20. The molecule has 0 saturated heterocycles. The van der Waals surface area contributed by atoms with Gasteiger partial charge in [-0.25, -0.2) is 13.9 Å². The van der Waals surface area contributed by atoms with Crippen molar-refractivity contribution in [3.05, 3.63) is 41.7 Å². The number of hydrogen-bond donors (Lipinski definition) is 1. The molecular weight excluding hydrogens is 254 g/mol. The van der Waals surface area contributed by atoms with Crippen LogP contribution in [0.15, 0.2) is 24.4 Å². The van der Waals surface area contributed by atoms with Crippen LogP contribution in [0.25, 0.3) is 11.1 Å². The first-order valence-corrected chi connectivity index (χ1v) is 5.68. The molecule has 1 N–H and O–H groups in total. The topological polar surface area (TPSA) is 55.1 Å². The van der Waals surface area contributed by atoms with E-state index in [1.807, 2.05) is 0 Å². The van der Waals surface area contributed by atoms with Crippen molar-refractivity contribution >= 4 is 5.97 Å². The highest BCUT2D eigenvalue weighted by atomic mass is 19.1. The molecule has 1 aromatic carbocycles. The van der Waals surface area contributed by atoms with Crippen molar-refractivity contribution in [2.24, 2.45) is 0 Å². The van der Waals surface area contributed by atoms with Gasteiger partial charge in [0.15, 0.2) is 0 Å². The van der Waals surface area contributed by atoms with Crippen LogP contribution < -0.4 is 0 Å². The lowest BCUT2D eigenvalue weighted by Gasteiger charge is -2.07. The molecule has 0 fully saturated rings. The number of carbonyl (C=O) groups is 1. The average Bonchev–Trinajstić information content (AvgIpc) is 2.70. The molecule has 0 atom stereocenters. The summed E-state index contributed by atoms with van der Waals surface area (Å²) < 4.78 is 28.5. The summed E-state index contributed by atoms with van der Waals surface area (Å²) in [5.41, 5.74) is -0.203. The van der Waals surface area contributed by atoms with Gasteiger partial charge in [-0.3, -0.25) is 0 Å². The first-order chi connectivity index (χ1) is 8.91. The Hall–Kier alpha value is -2.24. The van der Waals surface area contributed by atoms with E-state index in [1.54, 1.807) is 13.8 Å². The summed E-state index contributed by atoms with van der Waals surface area (Å²) >= 11 is 0. The van der Waals surface area contributed by atoms with Crippen molar-refractivity contribution in [3.8, 4) is 11.1 Å². The second kappa shape index (κ2) is 4.79. The zero-order chi connectivity index (χ0) is 14.2. The molecule has 4 nitrogen and oxygen atoms in total. The Labute approximate surface area is 108 Å². The van der Waals surface area contributed by atoms with Crippen LogP contribution in [-0.2, 0) is 0 Å². The van der Waals surface area contributed by atoms with Gasteiger partial charge in [-0.1, -0.05) is 0 Å². The number of benzene rings is 1. The van der Waals surface area contributed by atoms with E-state index in [-0.39, 0.29) is 22.7 Å². The molecule has 0 aliphatic rings. The van der Waals surface area contributed by atoms with Gasteiger partial charge in [-0.2, -0.15) is 9.49 Å². The van der Waals surface area contributed by atoms with Gasteiger partial charge in [0.2, 0.25) is 5.95 Å². The van der Waals surface area contributed by atoms with Crippen molar-refractivity contribution in [1.82, 2.24) is 9.78 Å². The van der Waals surface area contributed by atoms with Gasteiger partial charge in [0.05, 0.1) is 17.3 Å². The van der Waals surface area contributed by atoms with E-state index in [1.165, 1.54) is 6.20 Å². The van der Waals surface area contributed by atoms with Crippen LogP contribution >= 0.6 is 0 Å². The van der Waals surface area contributed by atoms with Crippen molar-refractivity contribution in [2.75, 3.05) is 0 Å². The second-order valence-corrected chi connectivity index (χ2v) is 4.38. The number of hydrogen-bond acceptors (Lipinski definition) is 2. The van der Waals surface area contributed by atoms with Crippen LogP contribution in [0.2, 0.25) is 0 Å². The van der Waals surface area contributed by atoms with E-state index >= 15 is 0 Å². The lowest BCUT2D eigenvalue weighted by atomic mass is 10.0. The summed E-state index contributed by atoms with van der Waals surface area (Å²) in [4.78, 5) is 11.1. The SMILES string of the molecule is CC(C)n1ncc(-c2cc(F)ccc2C(=O)O)c1F. The van der Waals surface area contributed by atoms with Gasteiger partial charge in [0.25, 0.3) is 0 Å². The van der Waals surface area contributed by atoms with Crippen LogP contribution in [0.4, 0.5) is 8.78 Å². The van der Waals surface area contributed by atoms with Gasteiger partial charge in [0, 0.05) is 11.6 Å². The maximum Gasteiger partial charge on any atom is 0.336 e. The maximum absolute atomic E-state index is 14.1. The predicted octanol–water partition coefficient (Wildman–Crippen LogP) is 3.11. The Balaban J connectivity index is 2.65. The van der Waals surface area contributed by atoms with Gasteiger partial charge in [-0.05, 0) is 32.0 Å². The molecule has 0 saturated carbocycles. The summed E-state index contributed by atoms with van der Waals surface area (Å²) in [5, 5.41) is 12.9. The van der Waals surface area contributed by atoms with Crippen LogP contribution in [0.3, 0.4) is 0 Å². The second-order valence-electron chi connectivity index (χ2n) is 4.38. The zero-order valence-corrected chi connectivity index (χ0v) is 10.4. The van der Waals surface area contributed by atoms with Gasteiger partial charge in [-0.15, -0.1) is 0 Å². The van der Waals surface area contributed by atoms with Crippen LogP contribution in [0.1, 0.15) is 30.2 Å². The van der Waals surface area contributed by atoms with Gasteiger partial charge >= 0.3 is 5.97 Å². The number of carboxylic acids is 1. The fourth-order valence-electron chi connectivity index (χ4n) is 1.81. The van der Waals surface area contributed by atoms with Crippen molar-refractivity contribution in [2.45, 2.75) is 19.9 Å². The molecule has 1 heterocycles. The number of carboxylic acid groups (broad SMARTS) is 1. The van der Waals surface area contributed by atoms with Crippen molar-refractivity contribution in [1.29, 1.82) is 0 Å². The summed E-state index contributed by atoms with van der Waals surface area (Å²) in [7, 11) is 0. The number of nitrogens with zero attached hydrogens (tertiary/aromatic N) is 2. The van der Waals surface area contributed by atoms with Gasteiger partial charge in [0.1, 0.15) is 5.82 Å². The first-order valence-electron chi connectivity index (χ1n) is 5.68. The van der Waals surface area contributed by atoms with Gasteiger partial charge < -0.3 is 5.11 Å². The highest BCUT2D eigenvalue weighted by molar-refractivity contribution is 5.95. The minimum absolute atomic E-state index is 0.0168. The molecular formula is C13H12F2N2O2. The van der Waals surface area contributed by atoms with Crippen LogP contribution in [-0.4, -0.2) is 20.9 Å². The molecule has 0 unspecified atom stereocenters. The molecule has 2 rings (SSSR count). The molecule has 19 heavy (non-hydrogen) atoms. The minimum Gasteiger partial charge on any atom is -0.478 e. The monoisotopic (exact) mass is 266 g/mol. The Morgan fingerprint density at radius 3 is 2.53 bits per heavy atom. The largest absolute Gasteiger partial charge is 0.478 e. The maximum atomic E-state index is 14.1. The third kappa shape index (κ3) is 2.33. The fourth-order valence-corrected chi connectivity index (χ4v) is 1.81. The highest BCUT2D eigenvalue weighted by Crippen LogP contribution is 2.28. The number of halogens is 2. The van der Waals surface area contributed by atoms with E-state index in [0.29, 0.717) is 0 Å². The molecule has 0 radical (unpaired) electrons. The Bertz CT molecular complexity index is 636. The standard InChI is InChI=1S/C13H12F2N2O2/c1-7(2)17-12(15)11(6-16-17)10-5-8(14)3-4-9(10)13(18)19/h3-7H,1-2H3,(H,18,19). The molecule has 0 amide bonds. The van der Waals surface area contributed by atoms with E-state index in [9.17, 15) is 13.6 Å². The predicted molar refractivity (Wildman–Crippen MR) is 64.9 cm³/mol. The Kier molecular flexibility index (Phi) is 3.33. The Morgan fingerprint density at radius 1 is 1.32 bits per heavy atom. The van der Waals surface area contributed by atoms with Crippen molar-refractivity contribution in [3.63, 3.8) is 0 Å². The lowest BCUT2D eigenvalue weighted by Crippen LogP contribution is -2.06. The summed E-state index contributed by atoms with van der Waals surface area (Å²) in [6, 6.07) is 2.92. The molecule has 1 aromatic heterocycles. The quantitative estimate of drug-likeness (QED) is 0.928. The zero-order valence-electron chi connectivity index (χ0n) is 10.4. The fraction of sp³-hybridized carbons (Fsp3) is 0.231. The van der Waals surface area contributed by atoms with E-state index in [2.05, 4.69) is 5.10 Å². The third-order valence-electron chi connectivity index (χ3n) is 2.73. The van der Waals surface area contributed by atoms with E-state index in [4.69, 9.17) is 5.11 Å². The minimum atomic E-state index is -1.24. The number of rotatable bonds is 3. The molecule has 0 aliphatic heterocycles. The number of aromatic carboxylic acids is 1. The van der Waals surface area contributed by atoms with Crippen LogP contribution in [0.5, 0.6) is 0 Å². The smallest absolute Gasteiger partial charge is 0.336 e. The van der Waals surface area contributed by atoms with E-state index < -0.39 is 17.7 Å². The third-order valence-corrected chi connectivity index (χ3v) is 2.73. The molecule has 100 valence electrons. The van der Waals surface area contributed by atoms with E-state index in [0.717, 1.165) is 22.9 Å². The molecule has 2 aromatic rings. The molecule has 0 bridgehead atoms.